The summed E-state index contributed by atoms with van der Waals surface area (Å²) in [6, 6.07) is 15.2. The molecule has 3 rings (SSSR count). The van der Waals surface area contributed by atoms with Crippen LogP contribution in [0.3, 0.4) is 0 Å². The van der Waals surface area contributed by atoms with E-state index in [2.05, 4.69) is 15.2 Å². The first-order chi connectivity index (χ1) is 14.8. The minimum absolute atomic E-state index is 0.0285. The Morgan fingerprint density at radius 1 is 1.10 bits per heavy atom. The van der Waals surface area contributed by atoms with Gasteiger partial charge in [-0.2, -0.15) is 5.10 Å². The lowest BCUT2D eigenvalue weighted by Crippen LogP contribution is -2.15. The molecule has 0 aliphatic carbocycles. The highest BCUT2D eigenvalue weighted by molar-refractivity contribution is 7.92. The molecular weight excluding hydrogens is 427 g/mol. The maximum atomic E-state index is 13.7. The monoisotopic (exact) mass is 444 g/mol. The molecule has 0 unspecified atom stereocenters. The van der Waals surface area contributed by atoms with Crippen molar-refractivity contribution in [3.63, 3.8) is 0 Å². The van der Waals surface area contributed by atoms with E-state index in [9.17, 15) is 22.9 Å². The summed E-state index contributed by atoms with van der Waals surface area (Å²) >= 11 is 0. The van der Waals surface area contributed by atoms with Gasteiger partial charge in [-0.1, -0.05) is 18.2 Å². The van der Waals surface area contributed by atoms with Crippen LogP contribution in [0.4, 0.5) is 21.5 Å². The molecule has 0 radical (unpaired) electrons. The molecule has 0 saturated heterocycles. The zero-order chi connectivity index (χ0) is 22.4. The third-order valence-electron chi connectivity index (χ3n) is 4.10. The van der Waals surface area contributed by atoms with Crippen molar-refractivity contribution in [1.29, 1.82) is 0 Å². The topological polar surface area (TPSA) is 123 Å². The molecule has 0 bridgehead atoms. The Bertz CT molecular complexity index is 1230. The number of hydrogen-bond donors (Lipinski definition) is 2. The standard InChI is InChI=1S/C20H17FN4O5S/c1-30-17-9-6-15(7-10-17)24-31(28,29)20-12-16(25(26)27)8-11-19(20)23-22-13-14-4-2-3-5-18(14)21/h2-13,23-24H,1H3/b22-13-. The molecule has 2 N–H and O–H groups in total. The molecule has 3 aromatic carbocycles. The van der Waals surface area contributed by atoms with Gasteiger partial charge < -0.3 is 4.74 Å². The van der Waals surface area contributed by atoms with E-state index in [-0.39, 0.29) is 16.9 Å². The maximum absolute atomic E-state index is 13.7. The number of ether oxygens (including phenoxy) is 1. The van der Waals surface area contributed by atoms with Gasteiger partial charge >= 0.3 is 0 Å². The Morgan fingerprint density at radius 2 is 1.81 bits per heavy atom. The number of nitrogens with one attached hydrogen (secondary N) is 2. The molecule has 0 aliphatic heterocycles. The largest absolute Gasteiger partial charge is 0.497 e. The molecule has 9 nitrogen and oxygen atoms in total. The van der Waals surface area contributed by atoms with E-state index in [1.54, 1.807) is 18.2 Å². The van der Waals surface area contributed by atoms with E-state index in [1.807, 2.05) is 0 Å². The number of halogens is 1. The predicted octanol–water partition coefficient (Wildman–Crippen LogP) is 3.99. The average Bonchev–Trinajstić information content (AvgIpc) is 2.75. The van der Waals surface area contributed by atoms with Gasteiger partial charge in [0.1, 0.15) is 16.5 Å². The minimum Gasteiger partial charge on any atom is -0.497 e. The van der Waals surface area contributed by atoms with E-state index in [0.29, 0.717) is 5.75 Å². The van der Waals surface area contributed by atoms with Crippen molar-refractivity contribution < 1.29 is 22.5 Å². The van der Waals surface area contributed by atoms with Crippen LogP contribution in [-0.4, -0.2) is 26.7 Å². The smallest absolute Gasteiger partial charge is 0.270 e. The van der Waals surface area contributed by atoms with E-state index in [4.69, 9.17) is 4.74 Å². The van der Waals surface area contributed by atoms with Gasteiger partial charge in [0.05, 0.1) is 23.9 Å². The Balaban J connectivity index is 1.93. The van der Waals surface area contributed by atoms with Gasteiger partial charge in [-0.3, -0.25) is 20.3 Å². The zero-order valence-corrected chi connectivity index (χ0v) is 17.0. The molecule has 0 amide bonds. The number of nitro groups is 1. The molecule has 0 fully saturated rings. The first-order valence-electron chi connectivity index (χ1n) is 8.79. The highest BCUT2D eigenvalue weighted by atomic mass is 32.2. The summed E-state index contributed by atoms with van der Waals surface area (Å²) < 4.78 is 46.9. The van der Waals surface area contributed by atoms with Gasteiger partial charge in [0.2, 0.25) is 0 Å². The first kappa shape index (κ1) is 21.7. The van der Waals surface area contributed by atoms with Gasteiger partial charge in [0.25, 0.3) is 15.7 Å². The number of anilines is 2. The first-order valence-corrected chi connectivity index (χ1v) is 10.3. The van der Waals surface area contributed by atoms with Crippen LogP contribution in [-0.2, 0) is 10.0 Å². The summed E-state index contributed by atoms with van der Waals surface area (Å²) in [5.74, 6) is 0.0221. The summed E-state index contributed by atoms with van der Waals surface area (Å²) in [4.78, 5) is 10.0. The molecule has 0 aliphatic rings. The van der Waals surface area contributed by atoms with E-state index >= 15 is 0 Å². The number of methoxy groups -OCH3 is 1. The Kier molecular flexibility index (Phi) is 6.46. The van der Waals surface area contributed by atoms with Crippen LogP contribution >= 0.6 is 0 Å². The minimum atomic E-state index is -4.23. The summed E-state index contributed by atoms with van der Waals surface area (Å²) in [6.07, 6.45) is 1.17. The van der Waals surface area contributed by atoms with Crippen molar-refractivity contribution in [2.75, 3.05) is 17.3 Å². The molecule has 0 aromatic heterocycles. The lowest BCUT2D eigenvalue weighted by atomic mass is 10.2. The maximum Gasteiger partial charge on any atom is 0.270 e. The fourth-order valence-corrected chi connectivity index (χ4v) is 3.80. The van der Waals surface area contributed by atoms with Gasteiger partial charge in [-0.05, 0) is 36.4 Å². The Morgan fingerprint density at radius 3 is 2.45 bits per heavy atom. The third-order valence-corrected chi connectivity index (χ3v) is 5.52. The lowest BCUT2D eigenvalue weighted by Gasteiger charge is -2.12. The van der Waals surface area contributed by atoms with Crippen LogP contribution in [0, 0.1) is 15.9 Å². The second kappa shape index (κ2) is 9.22. The number of rotatable bonds is 8. The normalized spacial score (nSPS) is 11.3. The number of nitro benzene ring substituents is 1. The van der Waals surface area contributed by atoms with Crippen molar-refractivity contribution in [2.45, 2.75) is 4.90 Å². The van der Waals surface area contributed by atoms with Crippen molar-refractivity contribution in [1.82, 2.24) is 0 Å². The quantitative estimate of drug-likeness (QED) is 0.308. The van der Waals surface area contributed by atoms with Crippen LogP contribution in [0.25, 0.3) is 0 Å². The molecule has 11 heteroatoms. The number of nitrogens with zero attached hydrogens (tertiary/aromatic N) is 2. The third kappa shape index (κ3) is 5.34. The Hall–Kier alpha value is -3.99. The van der Waals surface area contributed by atoms with E-state index in [1.165, 1.54) is 49.7 Å². The van der Waals surface area contributed by atoms with Crippen LogP contribution in [0.5, 0.6) is 5.75 Å². The predicted molar refractivity (Wildman–Crippen MR) is 115 cm³/mol. The number of benzene rings is 3. The molecule has 0 atom stereocenters. The fraction of sp³-hybridized carbons (Fsp3) is 0.0500. The van der Waals surface area contributed by atoms with Crippen LogP contribution in [0.1, 0.15) is 5.56 Å². The second-order valence-corrected chi connectivity index (χ2v) is 7.81. The molecule has 0 spiro atoms. The van der Waals surface area contributed by atoms with E-state index < -0.39 is 31.3 Å². The molecule has 0 saturated carbocycles. The SMILES string of the molecule is COc1ccc(NS(=O)(=O)c2cc([N+](=O)[O-])ccc2N/N=C\c2ccccc2F)cc1. The van der Waals surface area contributed by atoms with Crippen LogP contribution < -0.4 is 14.9 Å². The van der Waals surface area contributed by atoms with Crippen LogP contribution in [0.15, 0.2) is 76.7 Å². The lowest BCUT2D eigenvalue weighted by molar-refractivity contribution is -0.385. The zero-order valence-electron chi connectivity index (χ0n) is 16.2. The van der Waals surface area contributed by atoms with Crippen molar-refractivity contribution in [3.05, 3.63) is 88.2 Å². The summed E-state index contributed by atoms with van der Waals surface area (Å²) in [5.41, 5.74) is 2.47. The number of hydrazone groups is 1. The summed E-state index contributed by atoms with van der Waals surface area (Å²) in [6.45, 7) is 0. The number of hydrogen-bond acceptors (Lipinski definition) is 7. The average molecular weight is 444 g/mol. The van der Waals surface area contributed by atoms with Crippen molar-refractivity contribution in [3.8, 4) is 5.75 Å². The van der Waals surface area contributed by atoms with Gasteiger partial charge in [0.15, 0.2) is 0 Å². The highest BCUT2D eigenvalue weighted by Crippen LogP contribution is 2.28. The van der Waals surface area contributed by atoms with E-state index in [0.717, 1.165) is 12.1 Å². The van der Waals surface area contributed by atoms with Crippen molar-refractivity contribution in [2.24, 2.45) is 5.10 Å². The highest BCUT2D eigenvalue weighted by Gasteiger charge is 2.22. The molecular formula is C20H17FN4O5S. The fourth-order valence-electron chi connectivity index (χ4n) is 2.56. The number of sulfonamides is 1. The molecule has 0 heterocycles. The van der Waals surface area contributed by atoms with Crippen LogP contribution in [0.2, 0.25) is 0 Å². The van der Waals surface area contributed by atoms with Gasteiger partial charge in [0, 0.05) is 23.4 Å². The summed E-state index contributed by atoms with van der Waals surface area (Å²) in [7, 11) is -2.75. The summed E-state index contributed by atoms with van der Waals surface area (Å²) in [5, 5.41) is 15.0. The second-order valence-electron chi connectivity index (χ2n) is 6.16. The molecule has 31 heavy (non-hydrogen) atoms. The Labute approximate surface area is 177 Å². The van der Waals surface area contributed by atoms with Gasteiger partial charge in [-0.15, -0.1) is 0 Å². The van der Waals surface area contributed by atoms with Crippen molar-refractivity contribution >= 4 is 33.3 Å². The number of non-ortho nitro benzene ring substituents is 1. The van der Waals surface area contributed by atoms with Gasteiger partial charge in [-0.25, -0.2) is 12.8 Å². The molecule has 160 valence electrons. The molecule has 3 aromatic rings.